The van der Waals surface area contributed by atoms with Gasteiger partial charge in [-0.25, -0.2) is 4.31 Å². The molecule has 0 N–H and O–H groups in total. The SMILES string of the molecule is C#CCC1CCN(C2CCN(Sc3ccc(C(=O)C4=CCCC=C4)cc3)CC2)CC1. The van der Waals surface area contributed by atoms with Crippen molar-refractivity contribution >= 4 is 17.7 Å². The zero-order chi connectivity index (χ0) is 20.8. The van der Waals surface area contributed by atoms with Crippen molar-refractivity contribution in [3.05, 3.63) is 53.6 Å². The van der Waals surface area contributed by atoms with Crippen molar-refractivity contribution in [2.24, 2.45) is 5.92 Å². The fourth-order valence-electron chi connectivity index (χ4n) is 4.75. The lowest BCUT2D eigenvalue weighted by Gasteiger charge is -2.41. The first kappa shape index (κ1) is 21.4. The van der Waals surface area contributed by atoms with E-state index in [0.717, 1.165) is 55.4 Å². The van der Waals surface area contributed by atoms with E-state index in [1.165, 1.54) is 43.7 Å². The average Bonchev–Trinajstić information content (AvgIpc) is 2.81. The molecular formula is C26H32N2OS. The van der Waals surface area contributed by atoms with Gasteiger partial charge in [-0.2, -0.15) is 0 Å². The van der Waals surface area contributed by atoms with Gasteiger partial charge in [0.1, 0.15) is 0 Å². The number of allylic oxidation sites excluding steroid dienone is 4. The first-order valence-corrected chi connectivity index (χ1v) is 12.1. The molecule has 1 aromatic carbocycles. The molecule has 0 aromatic heterocycles. The quantitative estimate of drug-likeness (QED) is 0.351. The molecule has 4 heteroatoms. The summed E-state index contributed by atoms with van der Waals surface area (Å²) in [4.78, 5) is 16.5. The molecule has 2 saturated heterocycles. The fraction of sp³-hybridized carbons (Fsp3) is 0.500. The highest BCUT2D eigenvalue weighted by Gasteiger charge is 2.28. The predicted molar refractivity (Wildman–Crippen MR) is 125 cm³/mol. The van der Waals surface area contributed by atoms with Gasteiger partial charge in [-0.1, -0.05) is 18.2 Å². The maximum absolute atomic E-state index is 12.6. The molecule has 3 aliphatic rings. The van der Waals surface area contributed by atoms with Gasteiger partial charge in [-0.3, -0.25) is 4.79 Å². The molecule has 0 unspecified atom stereocenters. The molecule has 0 spiro atoms. The number of hydrogen-bond donors (Lipinski definition) is 0. The molecule has 0 atom stereocenters. The molecule has 2 fully saturated rings. The molecule has 2 heterocycles. The number of benzene rings is 1. The lowest BCUT2D eigenvalue weighted by molar-refractivity contribution is 0.1000. The van der Waals surface area contributed by atoms with Crippen LogP contribution in [0.3, 0.4) is 0 Å². The van der Waals surface area contributed by atoms with Crippen LogP contribution in [-0.2, 0) is 0 Å². The summed E-state index contributed by atoms with van der Waals surface area (Å²) in [5.74, 6) is 3.71. The van der Waals surface area contributed by atoms with Gasteiger partial charge >= 0.3 is 0 Å². The van der Waals surface area contributed by atoms with Crippen LogP contribution in [0.2, 0.25) is 0 Å². The van der Waals surface area contributed by atoms with Crippen molar-refractivity contribution in [1.82, 2.24) is 9.21 Å². The minimum absolute atomic E-state index is 0.134. The van der Waals surface area contributed by atoms with Crippen LogP contribution in [0.25, 0.3) is 0 Å². The number of terminal acetylenes is 1. The maximum Gasteiger partial charge on any atom is 0.192 e. The normalized spacial score (nSPS) is 21.9. The number of likely N-dealkylation sites (tertiary alicyclic amines) is 1. The summed E-state index contributed by atoms with van der Waals surface area (Å²) in [6.07, 6.45) is 19.5. The van der Waals surface area contributed by atoms with Crippen LogP contribution in [0, 0.1) is 18.3 Å². The summed E-state index contributed by atoms with van der Waals surface area (Å²) in [7, 11) is 0. The van der Waals surface area contributed by atoms with Crippen molar-refractivity contribution in [2.75, 3.05) is 26.2 Å². The Kier molecular flexibility index (Phi) is 7.49. The molecule has 1 aliphatic carbocycles. The zero-order valence-electron chi connectivity index (χ0n) is 17.8. The molecule has 0 radical (unpaired) electrons. The zero-order valence-corrected chi connectivity index (χ0v) is 18.6. The van der Waals surface area contributed by atoms with Gasteiger partial charge in [0.25, 0.3) is 0 Å². The molecule has 0 bridgehead atoms. The van der Waals surface area contributed by atoms with Crippen molar-refractivity contribution in [1.29, 1.82) is 0 Å². The van der Waals surface area contributed by atoms with E-state index in [-0.39, 0.29) is 5.78 Å². The van der Waals surface area contributed by atoms with Crippen molar-refractivity contribution < 1.29 is 4.79 Å². The molecule has 3 nitrogen and oxygen atoms in total. The average molecular weight is 421 g/mol. The van der Waals surface area contributed by atoms with Crippen LogP contribution in [-0.4, -0.2) is 47.2 Å². The van der Waals surface area contributed by atoms with E-state index in [1.807, 2.05) is 36.2 Å². The summed E-state index contributed by atoms with van der Waals surface area (Å²) in [5, 5.41) is 0. The Labute approximate surface area is 185 Å². The van der Waals surface area contributed by atoms with Crippen LogP contribution >= 0.6 is 11.9 Å². The van der Waals surface area contributed by atoms with E-state index in [4.69, 9.17) is 6.42 Å². The highest BCUT2D eigenvalue weighted by Crippen LogP contribution is 2.30. The van der Waals surface area contributed by atoms with Crippen LogP contribution in [0.1, 0.15) is 55.3 Å². The summed E-state index contributed by atoms with van der Waals surface area (Å²) in [5.41, 5.74) is 1.61. The van der Waals surface area contributed by atoms with Gasteiger partial charge in [-0.15, -0.1) is 12.3 Å². The fourth-order valence-corrected chi connectivity index (χ4v) is 5.70. The highest BCUT2D eigenvalue weighted by molar-refractivity contribution is 7.97. The van der Waals surface area contributed by atoms with E-state index < -0.39 is 0 Å². The number of nitrogens with zero attached hydrogens (tertiary/aromatic N) is 2. The van der Waals surface area contributed by atoms with Crippen LogP contribution in [0.4, 0.5) is 0 Å². The van der Waals surface area contributed by atoms with E-state index in [0.29, 0.717) is 0 Å². The summed E-state index contributed by atoms with van der Waals surface area (Å²) >= 11 is 1.83. The summed E-state index contributed by atoms with van der Waals surface area (Å²) in [6, 6.07) is 8.86. The number of hydrogen-bond acceptors (Lipinski definition) is 4. The number of ketones is 1. The van der Waals surface area contributed by atoms with E-state index >= 15 is 0 Å². The predicted octanol–water partition coefficient (Wildman–Crippen LogP) is 5.35. The second kappa shape index (κ2) is 10.5. The minimum Gasteiger partial charge on any atom is -0.300 e. The largest absolute Gasteiger partial charge is 0.300 e. The molecule has 30 heavy (non-hydrogen) atoms. The third-order valence-corrected chi connectivity index (χ3v) is 7.71. The Balaban J connectivity index is 1.23. The second-order valence-corrected chi connectivity index (χ2v) is 9.80. The van der Waals surface area contributed by atoms with Gasteiger partial charge < -0.3 is 4.90 Å². The van der Waals surface area contributed by atoms with E-state index in [1.54, 1.807) is 0 Å². The summed E-state index contributed by atoms with van der Waals surface area (Å²) in [6.45, 7) is 4.67. The smallest absolute Gasteiger partial charge is 0.192 e. The number of carbonyl (C=O) groups is 1. The molecule has 1 aromatic rings. The van der Waals surface area contributed by atoms with Gasteiger partial charge in [0.05, 0.1) is 0 Å². The number of piperidine rings is 2. The topological polar surface area (TPSA) is 23.6 Å². The van der Waals surface area contributed by atoms with Crippen LogP contribution < -0.4 is 0 Å². The molecule has 0 saturated carbocycles. The third kappa shape index (κ3) is 5.46. The van der Waals surface area contributed by atoms with E-state index in [2.05, 4.69) is 33.3 Å². The first-order chi connectivity index (χ1) is 14.7. The number of carbonyl (C=O) groups excluding carboxylic acids is 1. The molecule has 4 rings (SSSR count). The first-order valence-electron chi connectivity index (χ1n) is 11.3. The van der Waals surface area contributed by atoms with Crippen molar-refractivity contribution in [3.63, 3.8) is 0 Å². The second-order valence-electron chi connectivity index (χ2n) is 8.63. The van der Waals surface area contributed by atoms with Gasteiger partial charge in [0.15, 0.2) is 5.78 Å². The highest BCUT2D eigenvalue weighted by atomic mass is 32.2. The Hall–Kier alpha value is -1.80. The van der Waals surface area contributed by atoms with Gasteiger partial charge in [-0.05, 0) is 93.7 Å². The Morgan fingerprint density at radius 1 is 1.03 bits per heavy atom. The molecular weight excluding hydrogens is 388 g/mol. The number of rotatable bonds is 6. The van der Waals surface area contributed by atoms with Crippen LogP contribution in [0.5, 0.6) is 0 Å². The van der Waals surface area contributed by atoms with Gasteiger partial charge in [0.2, 0.25) is 0 Å². The molecule has 0 amide bonds. The Bertz CT molecular complexity index is 820. The summed E-state index contributed by atoms with van der Waals surface area (Å²) < 4.78 is 2.48. The Morgan fingerprint density at radius 2 is 1.77 bits per heavy atom. The lowest BCUT2D eigenvalue weighted by atomic mass is 9.92. The van der Waals surface area contributed by atoms with Gasteiger partial charge in [0, 0.05) is 41.6 Å². The molecule has 2 aliphatic heterocycles. The molecule has 158 valence electrons. The lowest BCUT2D eigenvalue weighted by Crippen LogP contribution is -2.46. The van der Waals surface area contributed by atoms with Crippen LogP contribution in [0.15, 0.2) is 53.0 Å². The third-order valence-electron chi connectivity index (χ3n) is 6.60. The maximum atomic E-state index is 12.6. The number of Topliss-reactive ketones (excluding diaryl/α,β-unsaturated/α-hetero) is 1. The standard InChI is InChI=1S/C26H32N2OS/c1-2-6-21-13-17-27(18-14-21)24-15-19-28(20-16-24)30-25-11-9-23(10-12-25)26(29)22-7-4-3-5-8-22/h1,4,7-12,21,24H,3,5-6,13-20H2. The Morgan fingerprint density at radius 3 is 2.40 bits per heavy atom. The van der Waals surface area contributed by atoms with Crippen molar-refractivity contribution in [3.8, 4) is 12.3 Å². The minimum atomic E-state index is 0.134. The van der Waals surface area contributed by atoms with E-state index in [9.17, 15) is 4.79 Å². The van der Waals surface area contributed by atoms with Crippen molar-refractivity contribution in [2.45, 2.75) is 55.9 Å². The monoisotopic (exact) mass is 420 g/mol.